The van der Waals surface area contributed by atoms with Gasteiger partial charge in [0.15, 0.2) is 0 Å². The summed E-state index contributed by atoms with van der Waals surface area (Å²) in [5.74, 6) is 3.74. The van der Waals surface area contributed by atoms with Gasteiger partial charge in [-0.05, 0) is 80.5 Å². The first kappa shape index (κ1) is 21.7. The fraction of sp³-hybridized carbons (Fsp3) is 0.947. The molecule has 7 atom stereocenters. The first-order valence-electron chi connectivity index (χ1n) is 9.99. The summed E-state index contributed by atoms with van der Waals surface area (Å²) < 4.78 is 37.1. The molecule has 156 valence electrons. The molecule has 1 unspecified atom stereocenters. The second-order valence-electron chi connectivity index (χ2n) is 9.51. The largest absolute Gasteiger partial charge is 0.394 e. The maximum Gasteiger partial charge on any atom is 0.394 e. The highest BCUT2D eigenvalue weighted by Gasteiger charge is 2.60. The smallest absolute Gasteiger partial charge is 0.305 e. The van der Waals surface area contributed by atoms with Crippen molar-refractivity contribution in [3.8, 4) is 0 Å². The Bertz CT molecular complexity index is 674. The van der Waals surface area contributed by atoms with Crippen molar-refractivity contribution in [1.82, 2.24) is 0 Å². The van der Waals surface area contributed by atoms with Gasteiger partial charge >= 0.3 is 10.4 Å². The third-order valence-corrected chi connectivity index (χ3v) is 8.98. The maximum atomic E-state index is 12.4. The Morgan fingerprint density at radius 1 is 1.04 bits per heavy atom. The SMILES string of the molecule is C[C@]12CC[C@H](OBr)CC1CC[C@@H]1[C@@H]2CC[C@]2(C)C(=O)CC[C@@H]12.O=S(=O)(O)O. The summed E-state index contributed by atoms with van der Waals surface area (Å²) in [5, 5.41) is 0. The molecule has 4 aliphatic rings. The average molecular weight is 467 g/mol. The first-order valence-corrected chi connectivity index (χ1v) is 12.0. The van der Waals surface area contributed by atoms with E-state index in [1.165, 1.54) is 44.9 Å². The van der Waals surface area contributed by atoms with E-state index in [1.54, 1.807) is 0 Å². The van der Waals surface area contributed by atoms with Crippen molar-refractivity contribution in [2.75, 3.05) is 0 Å². The van der Waals surface area contributed by atoms with Crippen LogP contribution in [0.1, 0.15) is 71.6 Å². The van der Waals surface area contributed by atoms with E-state index in [0.29, 0.717) is 23.2 Å². The molecule has 6 nitrogen and oxygen atoms in total. The zero-order valence-corrected chi connectivity index (χ0v) is 18.5. The normalized spacial score (nSPS) is 46.6. The lowest BCUT2D eigenvalue weighted by Gasteiger charge is -2.60. The van der Waals surface area contributed by atoms with E-state index < -0.39 is 10.4 Å². The minimum Gasteiger partial charge on any atom is -0.305 e. The number of ketones is 1. The Morgan fingerprint density at radius 3 is 2.33 bits per heavy atom. The van der Waals surface area contributed by atoms with Crippen LogP contribution < -0.4 is 0 Å². The Labute approximate surface area is 170 Å². The van der Waals surface area contributed by atoms with Gasteiger partial charge in [-0.2, -0.15) is 8.42 Å². The molecular weight excluding hydrogens is 436 g/mol. The molecule has 0 bridgehead atoms. The van der Waals surface area contributed by atoms with Crippen molar-refractivity contribution in [1.29, 1.82) is 0 Å². The summed E-state index contributed by atoms with van der Waals surface area (Å²) in [7, 11) is -4.67. The summed E-state index contributed by atoms with van der Waals surface area (Å²) in [4.78, 5) is 12.4. The standard InChI is InChI=1S/C19H29BrO2.H2O4S/c1-18-9-7-13(22-20)11-12(18)3-4-14-15-5-6-17(21)19(15,2)10-8-16(14)18;1-5(2,3)4/h12-16H,3-11H2,1-2H3;(H2,1,2,3,4)/t12?,13-,14-,15-,16-,18-,19-;/m0./s1. The summed E-state index contributed by atoms with van der Waals surface area (Å²) in [6.45, 7) is 4.85. The predicted molar refractivity (Wildman–Crippen MR) is 105 cm³/mol. The molecule has 0 aliphatic heterocycles. The van der Waals surface area contributed by atoms with E-state index in [2.05, 4.69) is 30.1 Å². The topological polar surface area (TPSA) is 101 Å². The summed E-state index contributed by atoms with van der Waals surface area (Å²) in [5.41, 5.74) is 0.526. The van der Waals surface area contributed by atoms with E-state index in [4.69, 9.17) is 21.4 Å². The predicted octanol–water partition coefficient (Wildman–Crippen LogP) is 4.64. The molecule has 0 radical (unpaired) electrons. The van der Waals surface area contributed by atoms with Crippen molar-refractivity contribution in [3.05, 3.63) is 0 Å². The van der Waals surface area contributed by atoms with Crippen LogP contribution in [0.25, 0.3) is 0 Å². The lowest BCUT2D eigenvalue weighted by atomic mass is 9.45. The summed E-state index contributed by atoms with van der Waals surface area (Å²) >= 11 is 3.23. The second-order valence-corrected chi connectivity index (χ2v) is 10.8. The lowest BCUT2D eigenvalue weighted by molar-refractivity contribution is -0.141. The van der Waals surface area contributed by atoms with Gasteiger partial charge in [0.25, 0.3) is 0 Å². The van der Waals surface area contributed by atoms with Crippen LogP contribution in [0.3, 0.4) is 0 Å². The van der Waals surface area contributed by atoms with E-state index in [1.807, 2.05) is 0 Å². The zero-order valence-electron chi connectivity index (χ0n) is 16.1. The highest BCUT2D eigenvalue weighted by Crippen LogP contribution is 2.65. The van der Waals surface area contributed by atoms with Crippen LogP contribution in [0.2, 0.25) is 0 Å². The fourth-order valence-electron chi connectivity index (χ4n) is 7.07. The monoisotopic (exact) mass is 466 g/mol. The molecule has 4 rings (SSSR count). The Morgan fingerprint density at radius 2 is 1.70 bits per heavy atom. The summed E-state index contributed by atoms with van der Waals surface area (Å²) in [6, 6.07) is 0. The van der Waals surface area contributed by atoms with Gasteiger partial charge in [-0.25, -0.2) is 0 Å². The third kappa shape index (κ3) is 4.15. The van der Waals surface area contributed by atoms with Gasteiger partial charge in [-0.1, -0.05) is 13.8 Å². The van der Waals surface area contributed by atoms with E-state index >= 15 is 0 Å². The lowest BCUT2D eigenvalue weighted by Crippen LogP contribution is -2.54. The molecule has 0 aromatic carbocycles. The van der Waals surface area contributed by atoms with Crippen LogP contribution in [0.4, 0.5) is 0 Å². The highest BCUT2D eigenvalue weighted by molar-refractivity contribution is 9.06. The molecule has 0 heterocycles. The molecular formula is C19H31BrO6S. The van der Waals surface area contributed by atoms with Crippen molar-refractivity contribution in [2.45, 2.75) is 77.7 Å². The Balaban J connectivity index is 0.000000376. The molecule has 4 aliphatic carbocycles. The minimum atomic E-state index is -4.67. The molecule has 0 aromatic heterocycles. The molecule has 0 amide bonds. The van der Waals surface area contributed by atoms with E-state index in [0.717, 1.165) is 30.6 Å². The number of hydrogen-bond donors (Lipinski definition) is 2. The number of rotatable bonds is 1. The average Bonchev–Trinajstić information content (AvgIpc) is 2.88. The molecule has 0 spiro atoms. The van der Waals surface area contributed by atoms with Gasteiger partial charge in [0.1, 0.15) is 5.78 Å². The number of carbonyl (C=O) groups excluding carboxylic acids is 1. The van der Waals surface area contributed by atoms with Gasteiger partial charge in [0.2, 0.25) is 0 Å². The number of carbonyl (C=O) groups is 1. The zero-order chi connectivity index (χ0) is 20.0. The highest BCUT2D eigenvalue weighted by atomic mass is 79.9. The molecule has 8 heteroatoms. The van der Waals surface area contributed by atoms with E-state index in [-0.39, 0.29) is 5.41 Å². The Hall–Kier alpha value is -0.0200. The van der Waals surface area contributed by atoms with Gasteiger partial charge < -0.3 is 3.83 Å². The van der Waals surface area contributed by atoms with Crippen molar-refractivity contribution < 1.29 is 26.1 Å². The van der Waals surface area contributed by atoms with Crippen molar-refractivity contribution >= 4 is 32.4 Å². The fourth-order valence-corrected chi connectivity index (χ4v) is 7.41. The van der Waals surface area contributed by atoms with Crippen LogP contribution in [0, 0.1) is 34.5 Å². The molecule has 4 saturated carbocycles. The number of halogens is 1. The number of hydrogen-bond acceptors (Lipinski definition) is 4. The van der Waals surface area contributed by atoms with E-state index in [9.17, 15) is 4.79 Å². The van der Waals surface area contributed by atoms with Crippen LogP contribution in [-0.2, 0) is 19.0 Å². The summed E-state index contributed by atoms with van der Waals surface area (Å²) in [6.07, 6.45) is 11.3. The molecule has 0 saturated heterocycles. The quantitative estimate of drug-likeness (QED) is 0.545. The maximum absolute atomic E-state index is 12.4. The third-order valence-electron chi connectivity index (χ3n) is 8.45. The van der Waals surface area contributed by atoms with Crippen LogP contribution in [-0.4, -0.2) is 29.4 Å². The van der Waals surface area contributed by atoms with Gasteiger partial charge in [0, 0.05) is 11.8 Å². The number of fused-ring (bicyclic) bond motifs is 5. The van der Waals surface area contributed by atoms with Crippen molar-refractivity contribution in [3.63, 3.8) is 0 Å². The van der Waals surface area contributed by atoms with Gasteiger partial charge in [0.05, 0.1) is 22.4 Å². The van der Waals surface area contributed by atoms with Crippen LogP contribution in [0.15, 0.2) is 0 Å². The molecule has 27 heavy (non-hydrogen) atoms. The first-order chi connectivity index (χ1) is 12.5. The van der Waals surface area contributed by atoms with Crippen LogP contribution in [0.5, 0.6) is 0 Å². The number of Topliss-reactive ketones (excluding diaryl/α,β-unsaturated/α-hetero) is 1. The Kier molecular flexibility index (Phi) is 6.16. The van der Waals surface area contributed by atoms with Crippen molar-refractivity contribution in [2.24, 2.45) is 34.5 Å². The molecule has 4 fully saturated rings. The van der Waals surface area contributed by atoms with Crippen LogP contribution >= 0.6 is 16.3 Å². The van der Waals surface area contributed by atoms with Gasteiger partial charge in [-0.3, -0.25) is 13.9 Å². The molecule has 0 aromatic rings. The second kappa shape index (κ2) is 7.67. The molecule has 2 N–H and O–H groups in total. The van der Waals surface area contributed by atoms with Gasteiger partial charge in [-0.15, -0.1) is 0 Å². The minimum absolute atomic E-state index is 0.0283.